The van der Waals surface area contributed by atoms with Crippen LogP contribution in [0, 0.1) is 0 Å². The minimum absolute atomic E-state index is 0.360. The van der Waals surface area contributed by atoms with Gasteiger partial charge in [0.05, 0.1) is 17.4 Å². The van der Waals surface area contributed by atoms with E-state index in [4.69, 9.17) is 5.73 Å². The Balaban J connectivity index is 1.95. The molecule has 0 aromatic carbocycles. The molecule has 26 heavy (non-hydrogen) atoms. The van der Waals surface area contributed by atoms with Crippen molar-refractivity contribution in [3.63, 3.8) is 0 Å². The average molecular weight is 349 g/mol. The Kier molecular flexibility index (Phi) is 4.97. The number of hydrogen-bond donors (Lipinski definition) is 2. The van der Waals surface area contributed by atoms with Gasteiger partial charge in [0.15, 0.2) is 0 Å². The third-order valence-corrected chi connectivity index (χ3v) is 3.99. The van der Waals surface area contributed by atoms with Gasteiger partial charge in [-0.1, -0.05) is 0 Å². The number of nitrogens with one attached hydrogen (secondary N) is 1. The Labute approximate surface area is 152 Å². The summed E-state index contributed by atoms with van der Waals surface area (Å²) in [5.41, 5.74) is 9.98. The molecule has 0 aliphatic rings. The molecule has 0 aliphatic carbocycles. The predicted molar refractivity (Wildman–Crippen MR) is 107 cm³/mol. The number of nitrogens with zero attached hydrogens (tertiary/aromatic N) is 5. The van der Waals surface area contributed by atoms with Crippen LogP contribution in [-0.2, 0) is 0 Å². The largest absolute Gasteiger partial charge is 0.402 e. The average Bonchev–Trinajstić information content (AvgIpc) is 3.07. The van der Waals surface area contributed by atoms with Gasteiger partial charge in [-0.2, -0.15) is 0 Å². The van der Waals surface area contributed by atoms with Crippen molar-refractivity contribution >= 4 is 34.5 Å². The third kappa shape index (κ3) is 3.72. The molecule has 0 saturated carbocycles. The van der Waals surface area contributed by atoms with Crippen LogP contribution >= 0.6 is 0 Å². The summed E-state index contributed by atoms with van der Waals surface area (Å²) in [6.07, 6.45) is 7.29. The molecule has 0 spiro atoms. The molecule has 3 aromatic heterocycles. The van der Waals surface area contributed by atoms with E-state index >= 15 is 0 Å². The number of imidazole rings is 1. The molecule has 134 valence electrons. The van der Waals surface area contributed by atoms with Crippen molar-refractivity contribution in [2.75, 3.05) is 12.4 Å². The van der Waals surface area contributed by atoms with Crippen LogP contribution in [0.3, 0.4) is 0 Å². The minimum atomic E-state index is 0.360. The molecule has 0 saturated heterocycles. The standard InChI is InChI=1S/C19H23N7/c1-12(2)26-10-19(23-11-26)25-18-6-5-16-17(24-18)7-14(8-22-16)15(9-21-4)13(3)20/h5-12H,20H2,1-4H3,(H,24,25). The fourth-order valence-electron chi connectivity index (χ4n) is 2.57. The van der Waals surface area contributed by atoms with Crippen LogP contribution in [-0.4, -0.2) is 32.8 Å². The van der Waals surface area contributed by atoms with Crippen LogP contribution in [0.2, 0.25) is 0 Å². The Hall–Kier alpha value is -3.22. The molecule has 0 unspecified atom stereocenters. The van der Waals surface area contributed by atoms with Gasteiger partial charge >= 0.3 is 0 Å². The summed E-state index contributed by atoms with van der Waals surface area (Å²) in [5.74, 6) is 1.47. The summed E-state index contributed by atoms with van der Waals surface area (Å²) in [6, 6.07) is 6.15. The molecule has 0 bridgehead atoms. The molecule has 3 N–H and O–H groups in total. The van der Waals surface area contributed by atoms with Crippen LogP contribution in [0.15, 0.2) is 47.6 Å². The highest BCUT2D eigenvalue weighted by Crippen LogP contribution is 2.21. The summed E-state index contributed by atoms with van der Waals surface area (Å²) >= 11 is 0. The van der Waals surface area contributed by atoms with Crippen LogP contribution < -0.4 is 11.1 Å². The van der Waals surface area contributed by atoms with Gasteiger partial charge in [-0.05, 0) is 39.0 Å². The van der Waals surface area contributed by atoms with Gasteiger partial charge in [-0.15, -0.1) is 0 Å². The summed E-state index contributed by atoms with van der Waals surface area (Å²) in [7, 11) is 1.72. The third-order valence-electron chi connectivity index (χ3n) is 3.99. The van der Waals surface area contributed by atoms with E-state index in [1.54, 1.807) is 25.8 Å². The Bertz CT molecular complexity index is 978. The van der Waals surface area contributed by atoms with Crippen molar-refractivity contribution in [3.8, 4) is 0 Å². The van der Waals surface area contributed by atoms with Gasteiger partial charge < -0.3 is 15.6 Å². The number of aromatic nitrogens is 4. The molecule has 3 rings (SSSR count). The molecule has 0 atom stereocenters. The lowest BCUT2D eigenvalue weighted by Gasteiger charge is -2.08. The Morgan fingerprint density at radius 3 is 2.69 bits per heavy atom. The van der Waals surface area contributed by atoms with Crippen LogP contribution in [0.25, 0.3) is 16.6 Å². The first-order chi connectivity index (χ1) is 12.5. The number of hydrogen-bond acceptors (Lipinski definition) is 6. The second-order valence-corrected chi connectivity index (χ2v) is 6.37. The quantitative estimate of drug-likeness (QED) is 0.687. The van der Waals surface area contributed by atoms with Gasteiger partial charge in [0.25, 0.3) is 0 Å². The second-order valence-electron chi connectivity index (χ2n) is 6.37. The number of allylic oxidation sites excluding steroid dienone is 2. The van der Waals surface area contributed by atoms with Crippen LogP contribution in [0.4, 0.5) is 11.6 Å². The van der Waals surface area contributed by atoms with Crippen molar-refractivity contribution in [2.45, 2.75) is 26.8 Å². The van der Waals surface area contributed by atoms with Crippen molar-refractivity contribution in [1.82, 2.24) is 19.5 Å². The molecular formula is C19H23N7. The number of aliphatic imine (C=N–C) groups is 1. The van der Waals surface area contributed by atoms with E-state index in [1.165, 1.54) is 0 Å². The minimum Gasteiger partial charge on any atom is -0.402 e. The monoisotopic (exact) mass is 349 g/mol. The fourth-order valence-corrected chi connectivity index (χ4v) is 2.57. The van der Waals surface area contributed by atoms with Crippen molar-refractivity contribution in [2.24, 2.45) is 10.7 Å². The first kappa shape index (κ1) is 17.6. The van der Waals surface area contributed by atoms with Crippen molar-refractivity contribution < 1.29 is 0 Å². The van der Waals surface area contributed by atoms with E-state index in [-0.39, 0.29) is 0 Å². The summed E-state index contributed by atoms with van der Waals surface area (Å²) in [6.45, 7) is 6.06. The number of anilines is 2. The molecule has 7 nitrogen and oxygen atoms in total. The molecule has 0 aliphatic heterocycles. The summed E-state index contributed by atoms with van der Waals surface area (Å²) in [4.78, 5) is 17.6. The zero-order chi connectivity index (χ0) is 18.7. The summed E-state index contributed by atoms with van der Waals surface area (Å²) in [5, 5.41) is 3.23. The number of rotatable bonds is 5. The van der Waals surface area contributed by atoms with E-state index in [1.807, 2.05) is 35.9 Å². The molecule has 0 amide bonds. The van der Waals surface area contributed by atoms with Gasteiger partial charge in [0.2, 0.25) is 0 Å². The van der Waals surface area contributed by atoms with Crippen LogP contribution in [0.1, 0.15) is 32.4 Å². The summed E-state index contributed by atoms with van der Waals surface area (Å²) < 4.78 is 2.04. The maximum atomic E-state index is 5.97. The predicted octanol–water partition coefficient (Wildman–Crippen LogP) is 3.54. The molecular weight excluding hydrogens is 326 g/mol. The highest BCUT2D eigenvalue weighted by molar-refractivity contribution is 6.11. The van der Waals surface area contributed by atoms with E-state index in [0.29, 0.717) is 17.6 Å². The lowest BCUT2D eigenvalue weighted by molar-refractivity contribution is 0.600. The van der Waals surface area contributed by atoms with Crippen molar-refractivity contribution in [3.05, 3.63) is 48.2 Å². The normalized spacial score (nSPS) is 12.8. The molecule has 3 aromatic rings. The van der Waals surface area contributed by atoms with E-state index < -0.39 is 0 Å². The highest BCUT2D eigenvalue weighted by atomic mass is 15.1. The smallest absolute Gasteiger partial charge is 0.149 e. The first-order valence-corrected chi connectivity index (χ1v) is 8.44. The number of nitrogens with two attached hydrogens (primary N) is 1. The maximum absolute atomic E-state index is 5.97. The van der Waals surface area contributed by atoms with Gasteiger partial charge in [-0.25, -0.2) is 9.97 Å². The lowest BCUT2D eigenvalue weighted by Crippen LogP contribution is -2.01. The molecule has 0 fully saturated rings. The topological polar surface area (TPSA) is 94.0 Å². The Morgan fingerprint density at radius 1 is 1.23 bits per heavy atom. The number of pyridine rings is 2. The van der Waals surface area contributed by atoms with Gasteiger partial charge in [-0.3, -0.25) is 9.98 Å². The highest BCUT2D eigenvalue weighted by Gasteiger charge is 2.07. The zero-order valence-corrected chi connectivity index (χ0v) is 15.4. The SMILES string of the molecule is CN=CC(=C(C)N)c1cnc2ccc(Nc3cn(C(C)C)cn3)nc2c1. The second kappa shape index (κ2) is 7.35. The first-order valence-electron chi connectivity index (χ1n) is 8.44. The zero-order valence-electron chi connectivity index (χ0n) is 15.4. The Morgan fingerprint density at radius 2 is 2.04 bits per heavy atom. The maximum Gasteiger partial charge on any atom is 0.149 e. The van der Waals surface area contributed by atoms with E-state index in [9.17, 15) is 0 Å². The molecule has 7 heteroatoms. The van der Waals surface area contributed by atoms with E-state index in [2.05, 4.69) is 39.1 Å². The van der Waals surface area contributed by atoms with Crippen molar-refractivity contribution in [1.29, 1.82) is 0 Å². The fraction of sp³-hybridized carbons (Fsp3) is 0.263. The number of fused-ring (bicyclic) bond motifs is 1. The molecule has 3 heterocycles. The molecule has 0 radical (unpaired) electrons. The lowest BCUT2D eigenvalue weighted by atomic mass is 10.1. The van der Waals surface area contributed by atoms with E-state index in [0.717, 1.165) is 28.0 Å². The van der Waals surface area contributed by atoms with Gasteiger partial charge in [0.1, 0.15) is 11.6 Å². The van der Waals surface area contributed by atoms with Gasteiger partial charge in [0, 0.05) is 48.5 Å². The van der Waals surface area contributed by atoms with Crippen LogP contribution in [0.5, 0.6) is 0 Å².